The van der Waals surface area contributed by atoms with Crippen LogP contribution < -0.4 is 0 Å². The SMILES string of the molecule is CC/C=C\C/C=C\C/C=C\C/C=C\C/C=C\CCCCCCCCCCCCCCCC(=O)OCC(O)COP(=O)(O)OCC(O)COP(=O)(O)OCC(COC(=O)CCCCCCC/C=C\C/C=C\C/C=C\C/C=C\CCCCC)OC(=O)CCCCCCCCCCCCC. The number of ether oxygens (including phenoxy) is 3. The van der Waals surface area contributed by atoms with Crippen molar-refractivity contribution in [1.29, 1.82) is 0 Å². The van der Waals surface area contributed by atoms with Gasteiger partial charge in [-0.1, -0.05) is 297 Å². The number of allylic oxidation sites excluding steroid dienone is 18. The summed E-state index contributed by atoms with van der Waals surface area (Å²) in [6, 6.07) is 0. The van der Waals surface area contributed by atoms with Crippen LogP contribution in [0.25, 0.3) is 0 Å². The van der Waals surface area contributed by atoms with Crippen LogP contribution in [0.3, 0.4) is 0 Å². The summed E-state index contributed by atoms with van der Waals surface area (Å²) in [6.07, 6.45) is 82.9. The Balaban J connectivity index is 4.45. The van der Waals surface area contributed by atoms with Gasteiger partial charge >= 0.3 is 33.6 Å². The molecule has 97 heavy (non-hydrogen) atoms. The smallest absolute Gasteiger partial charge is 0.463 e. The first-order valence-electron chi connectivity index (χ1n) is 38.2. The van der Waals surface area contributed by atoms with Crippen LogP contribution in [0.5, 0.6) is 0 Å². The van der Waals surface area contributed by atoms with E-state index in [-0.39, 0.29) is 19.3 Å². The molecule has 0 aliphatic carbocycles. The predicted octanol–water partition coefficient (Wildman–Crippen LogP) is 22.0. The third-order valence-electron chi connectivity index (χ3n) is 16.0. The van der Waals surface area contributed by atoms with Gasteiger partial charge in [0.05, 0.1) is 26.4 Å². The third kappa shape index (κ3) is 73.3. The van der Waals surface area contributed by atoms with Crippen LogP contribution in [0.1, 0.15) is 316 Å². The van der Waals surface area contributed by atoms with Gasteiger partial charge in [0.2, 0.25) is 0 Å². The fourth-order valence-corrected chi connectivity index (χ4v) is 11.8. The molecule has 0 aromatic carbocycles. The molecule has 18 heteroatoms. The fraction of sp³-hybridized carbons (Fsp3) is 0.734. The van der Waals surface area contributed by atoms with Gasteiger partial charge in [-0.15, -0.1) is 0 Å². The van der Waals surface area contributed by atoms with Crippen molar-refractivity contribution in [2.45, 2.75) is 334 Å². The van der Waals surface area contributed by atoms with Crippen molar-refractivity contribution in [2.75, 3.05) is 39.6 Å². The van der Waals surface area contributed by atoms with E-state index in [0.29, 0.717) is 19.3 Å². The number of esters is 3. The summed E-state index contributed by atoms with van der Waals surface area (Å²) in [5.74, 6) is -1.59. The number of phosphoric ester groups is 2. The summed E-state index contributed by atoms with van der Waals surface area (Å²) < 4.78 is 61.0. The zero-order valence-electron chi connectivity index (χ0n) is 61.0. The summed E-state index contributed by atoms with van der Waals surface area (Å²) >= 11 is 0. The second-order valence-electron chi connectivity index (χ2n) is 25.4. The Kier molecular flexibility index (Phi) is 69.2. The average Bonchev–Trinajstić information content (AvgIpc) is 3.74. The molecular weight excluding hydrogens is 1270 g/mol. The van der Waals surface area contributed by atoms with E-state index in [2.05, 4.69) is 130 Å². The van der Waals surface area contributed by atoms with E-state index >= 15 is 0 Å². The molecule has 0 spiro atoms. The number of aliphatic hydroxyl groups excluding tert-OH is 2. The Morgan fingerprint density at radius 1 is 0.299 bits per heavy atom. The molecule has 0 aliphatic rings. The molecule has 0 bridgehead atoms. The van der Waals surface area contributed by atoms with Crippen molar-refractivity contribution in [2.24, 2.45) is 0 Å². The Labute approximate surface area is 590 Å². The lowest BCUT2D eigenvalue weighted by molar-refractivity contribution is -0.161. The quantitative estimate of drug-likeness (QED) is 0.0146. The Bertz CT molecular complexity index is 2200. The highest BCUT2D eigenvalue weighted by atomic mass is 31.2. The summed E-state index contributed by atoms with van der Waals surface area (Å²) in [6.45, 7) is 2.52. The van der Waals surface area contributed by atoms with Crippen LogP contribution >= 0.6 is 15.6 Å². The predicted molar refractivity (Wildman–Crippen MR) is 399 cm³/mol. The number of carbonyl (C=O) groups is 3. The highest BCUT2D eigenvalue weighted by Crippen LogP contribution is 2.45. The van der Waals surface area contributed by atoms with E-state index < -0.39 is 91.5 Å². The topological polar surface area (TPSA) is 231 Å². The minimum Gasteiger partial charge on any atom is -0.463 e. The van der Waals surface area contributed by atoms with Crippen molar-refractivity contribution in [3.05, 3.63) is 109 Å². The molecule has 0 rings (SSSR count). The van der Waals surface area contributed by atoms with Crippen molar-refractivity contribution in [3.8, 4) is 0 Å². The van der Waals surface area contributed by atoms with Gasteiger partial charge < -0.3 is 34.2 Å². The van der Waals surface area contributed by atoms with Gasteiger partial charge in [-0.25, -0.2) is 9.13 Å². The van der Waals surface area contributed by atoms with Gasteiger partial charge in [0.1, 0.15) is 25.4 Å². The lowest BCUT2D eigenvalue weighted by atomic mass is 10.0. The summed E-state index contributed by atoms with van der Waals surface area (Å²) in [4.78, 5) is 58.5. The largest absolute Gasteiger partial charge is 0.472 e. The van der Waals surface area contributed by atoms with Crippen LogP contribution in [-0.2, 0) is 55.8 Å². The van der Waals surface area contributed by atoms with Gasteiger partial charge in [-0.05, 0) is 109 Å². The van der Waals surface area contributed by atoms with E-state index in [1.807, 2.05) is 0 Å². The van der Waals surface area contributed by atoms with Crippen molar-refractivity contribution < 1.29 is 75.8 Å². The lowest BCUT2D eigenvalue weighted by Crippen LogP contribution is -2.30. The van der Waals surface area contributed by atoms with Gasteiger partial charge in [0.25, 0.3) is 0 Å². The maximum Gasteiger partial charge on any atom is 0.472 e. The number of aliphatic hydroxyl groups is 2. The van der Waals surface area contributed by atoms with E-state index in [1.54, 1.807) is 0 Å². The molecule has 16 nitrogen and oxygen atoms in total. The first kappa shape index (κ1) is 93.2. The molecular formula is C79H138O16P2. The normalized spacial score (nSPS) is 14.7. The lowest BCUT2D eigenvalue weighted by Gasteiger charge is -2.21. The Morgan fingerprint density at radius 2 is 0.546 bits per heavy atom. The third-order valence-corrected chi connectivity index (χ3v) is 17.9. The number of hydrogen-bond donors (Lipinski definition) is 4. The minimum absolute atomic E-state index is 0.102. The van der Waals surface area contributed by atoms with E-state index in [9.17, 15) is 43.5 Å². The zero-order chi connectivity index (χ0) is 70.9. The van der Waals surface area contributed by atoms with E-state index in [4.69, 9.17) is 32.3 Å². The van der Waals surface area contributed by atoms with E-state index in [1.165, 1.54) is 122 Å². The van der Waals surface area contributed by atoms with Crippen LogP contribution in [0.2, 0.25) is 0 Å². The molecule has 0 heterocycles. The zero-order valence-corrected chi connectivity index (χ0v) is 62.8. The number of rotatable bonds is 72. The minimum atomic E-state index is -4.93. The molecule has 0 saturated carbocycles. The highest BCUT2D eigenvalue weighted by molar-refractivity contribution is 7.47. The maximum absolute atomic E-state index is 12.9. The van der Waals surface area contributed by atoms with Crippen molar-refractivity contribution >= 4 is 33.6 Å². The van der Waals surface area contributed by atoms with Crippen LogP contribution in [0.4, 0.5) is 0 Å². The fourth-order valence-electron chi connectivity index (χ4n) is 10.2. The molecule has 0 amide bonds. The highest BCUT2D eigenvalue weighted by Gasteiger charge is 2.29. The number of carbonyl (C=O) groups excluding carboxylic acids is 3. The number of unbranched alkanes of at least 4 members (excludes halogenated alkanes) is 31. The van der Waals surface area contributed by atoms with Gasteiger partial charge in [-0.3, -0.25) is 32.5 Å². The molecule has 4 N–H and O–H groups in total. The average molecular weight is 1410 g/mol. The monoisotopic (exact) mass is 1400 g/mol. The standard InChI is InChI=1S/C79H138O16P2/c1-4-7-10-13-16-19-22-24-26-28-30-32-33-34-35-36-37-38-39-41-43-44-46-48-51-53-56-59-62-65-77(82)89-68-74(80)69-91-96(85,86)92-70-75(81)71-93-97(87,88)94-73-76(95-79(84)67-64-61-58-55-50-21-18-15-12-9-6-3)72-90-78(83)66-63-60-57-54-52-49-47-45-42-40-31-29-27-25-23-20-17-14-11-8-5-2/h7,10,16-17,19-20,24-27,30-32,34-35,40,45,47,74-76,80-81H,4-6,8-9,11-15,18,21-23,28-29,33,36-39,41-44,46,48-73H2,1-3H3,(H,85,86)(H,87,88)/b10-7-,19-16-,20-17-,26-24-,27-25-,32-30-,35-34-,40-31-,47-45-. The Hall–Kier alpha value is -3.79. The molecule has 0 aliphatic heterocycles. The van der Waals surface area contributed by atoms with Crippen LogP contribution in [0.15, 0.2) is 109 Å². The number of hydrogen-bond acceptors (Lipinski definition) is 14. The van der Waals surface area contributed by atoms with Gasteiger partial charge in [-0.2, -0.15) is 0 Å². The van der Waals surface area contributed by atoms with Crippen LogP contribution in [-0.4, -0.2) is 95.9 Å². The molecule has 0 saturated heterocycles. The second-order valence-corrected chi connectivity index (χ2v) is 28.3. The van der Waals surface area contributed by atoms with Crippen molar-refractivity contribution in [1.82, 2.24) is 0 Å². The Morgan fingerprint density at radius 3 is 0.887 bits per heavy atom. The first-order valence-corrected chi connectivity index (χ1v) is 41.2. The molecule has 0 aromatic heterocycles. The summed E-state index contributed by atoms with van der Waals surface area (Å²) in [7, 11) is -9.78. The molecule has 0 aromatic rings. The van der Waals surface area contributed by atoms with Crippen molar-refractivity contribution in [3.63, 3.8) is 0 Å². The van der Waals surface area contributed by atoms with Crippen LogP contribution in [0, 0.1) is 0 Å². The summed E-state index contributed by atoms with van der Waals surface area (Å²) in [5.41, 5.74) is 0. The second kappa shape index (κ2) is 72.0. The molecule has 5 atom stereocenters. The van der Waals surface area contributed by atoms with Gasteiger partial charge in [0.15, 0.2) is 6.10 Å². The van der Waals surface area contributed by atoms with E-state index in [0.717, 1.165) is 135 Å². The number of phosphoric acid groups is 2. The molecule has 560 valence electrons. The molecule has 0 radical (unpaired) electrons. The molecule has 5 unspecified atom stereocenters. The molecule has 0 fully saturated rings. The first-order chi connectivity index (χ1) is 47.2. The maximum atomic E-state index is 12.9. The van der Waals surface area contributed by atoms with Gasteiger partial charge in [0, 0.05) is 19.3 Å². The summed E-state index contributed by atoms with van der Waals surface area (Å²) in [5, 5.41) is 20.6.